The number of hydrogen-bond acceptors (Lipinski definition) is 7. The van der Waals surface area contributed by atoms with Crippen molar-refractivity contribution >= 4 is 61.0 Å². The Morgan fingerprint density at radius 3 is 2.11 bits per heavy atom. The minimum atomic E-state index is -4.43. The van der Waals surface area contributed by atoms with Gasteiger partial charge in [-0.1, -0.05) is 18.2 Å². The maximum atomic E-state index is 13.3. The summed E-state index contributed by atoms with van der Waals surface area (Å²) in [5.41, 5.74) is 3.78. The fourth-order valence-corrected chi connectivity index (χ4v) is 4.84. The lowest BCUT2D eigenvalue weighted by molar-refractivity contribution is 0.0923. The summed E-state index contributed by atoms with van der Waals surface area (Å²) in [4.78, 5) is 54.1. The van der Waals surface area contributed by atoms with Crippen LogP contribution in [0.5, 0.6) is 0 Å². The average Bonchev–Trinajstić information content (AvgIpc) is 3.06. The van der Waals surface area contributed by atoms with Gasteiger partial charge >= 0.3 is 10.2 Å². The van der Waals surface area contributed by atoms with E-state index in [1.807, 2.05) is 0 Å². The van der Waals surface area contributed by atoms with Crippen molar-refractivity contribution in [3.63, 3.8) is 0 Å². The van der Waals surface area contributed by atoms with Crippen molar-refractivity contribution in [2.24, 2.45) is 0 Å². The Bertz CT molecular complexity index is 1480. The van der Waals surface area contributed by atoms with Crippen LogP contribution in [0.1, 0.15) is 44.9 Å². The number of benzene rings is 1. The third kappa shape index (κ3) is 5.14. The monoisotopic (exact) mass is 567 g/mol. The Kier molecular flexibility index (Phi) is 7.50. The maximum Gasteiger partial charge on any atom is 0.323 e. The lowest BCUT2D eigenvalue weighted by Gasteiger charge is -2.11. The number of rotatable bonds is 8. The first-order chi connectivity index (χ1) is 16.5. The quantitative estimate of drug-likeness (QED) is 0.228. The van der Waals surface area contributed by atoms with Gasteiger partial charge in [0.15, 0.2) is 0 Å². The van der Waals surface area contributed by atoms with Crippen molar-refractivity contribution < 1.29 is 22.8 Å². The first kappa shape index (κ1) is 25.8. The van der Waals surface area contributed by atoms with Gasteiger partial charge in [0, 0.05) is 13.1 Å². The predicted octanol–water partition coefficient (Wildman–Crippen LogP) is 0.558. The van der Waals surface area contributed by atoms with Crippen molar-refractivity contribution in [3.8, 4) is 0 Å². The molecule has 0 saturated carbocycles. The molecule has 186 valence electrons. The van der Waals surface area contributed by atoms with Gasteiger partial charge in [-0.15, -0.1) is 0 Å². The highest BCUT2D eigenvalue weighted by Gasteiger charge is 2.31. The second kappa shape index (κ2) is 10.2. The van der Waals surface area contributed by atoms with Crippen molar-refractivity contribution in [3.05, 3.63) is 62.0 Å². The van der Waals surface area contributed by atoms with Gasteiger partial charge in [0.1, 0.15) is 21.6 Å². The predicted molar refractivity (Wildman–Crippen MR) is 133 cm³/mol. The highest BCUT2D eigenvalue weighted by atomic mass is 79.9. The third-order valence-electron chi connectivity index (χ3n) is 4.66. The molecule has 0 saturated heterocycles. The van der Waals surface area contributed by atoms with Crippen LogP contribution in [0.2, 0.25) is 0 Å². The number of aromatic amines is 1. The molecule has 3 amide bonds. The van der Waals surface area contributed by atoms with E-state index in [-0.39, 0.29) is 40.2 Å². The molecule has 0 spiro atoms. The van der Waals surface area contributed by atoms with Crippen LogP contribution in [-0.4, -0.2) is 48.6 Å². The summed E-state index contributed by atoms with van der Waals surface area (Å²) in [5.74, 6) is -3.16. The number of para-hydroxylation sites is 1. The van der Waals surface area contributed by atoms with E-state index in [1.54, 1.807) is 36.8 Å². The summed E-state index contributed by atoms with van der Waals surface area (Å²) in [6.45, 7) is 3.81. The van der Waals surface area contributed by atoms with Gasteiger partial charge in [0.05, 0.1) is 16.8 Å². The lowest BCUT2D eigenvalue weighted by Crippen LogP contribution is -2.39. The summed E-state index contributed by atoms with van der Waals surface area (Å²) in [6, 6.07) is 7.75. The number of nitrogens with two attached hydrogens (primary N) is 1. The van der Waals surface area contributed by atoms with E-state index in [0.717, 1.165) is 4.40 Å². The number of carbonyl (C=O) groups excluding carboxylic acids is 3. The minimum Gasteiger partial charge on any atom is -0.384 e. The second-order valence-corrected chi connectivity index (χ2v) is 9.23. The fraction of sp³-hybridized carbons (Fsp3) is 0.200. The van der Waals surface area contributed by atoms with Crippen LogP contribution in [-0.2, 0) is 10.2 Å². The first-order valence-electron chi connectivity index (χ1n) is 10.2. The molecule has 0 fully saturated rings. The van der Waals surface area contributed by atoms with E-state index in [4.69, 9.17) is 5.73 Å². The number of nitrogens with zero attached hydrogens (tertiary/aromatic N) is 1. The number of H-pyrrole nitrogens is 1. The molecular weight excluding hydrogens is 546 g/mol. The van der Waals surface area contributed by atoms with Crippen molar-refractivity contribution in [1.82, 2.24) is 24.7 Å². The van der Waals surface area contributed by atoms with Crippen LogP contribution < -0.4 is 31.4 Å². The number of carbonyl (C=O) groups is 3. The molecule has 3 aromatic rings. The number of fused-ring (bicyclic) bond motifs is 1. The zero-order valence-electron chi connectivity index (χ0n) is 18.6. The molecule has 2 heterocycles. The maximum absolute atomic E-state index is 13.3. The Balaban J connectivity index is 2.14. The van der Waals surface area contributed by atoms with E-state index in [1.165, 1.54) is 12.1 Å². The Labute approximate surface area is 207 Å². The molecule has 3 rings (SSSR count). The van der Waals surface area contributed by atoms with Crippen molar-refractivity contribution in [2.45, 2.75) is 13.8 Å². The molecule has 1 aromatic carbocycles. The van der Waals surface area contributed by atoms with Crippen LogP contribution >= 0.6 is 15.9 Å². The molecule has 0 radical (unpaired) electrons. The molecule has 0 aliphatic carbocycles. The van der Waals surface area contributed by atoms with Gasteiger partial charge in [-0.3, -0.25) is 28.3 Å². The summed E-state index contributed by atoms with van der Waals surface area (Å²) in [5, 5.41) is 5.10. The largest absolute Gasteiger partial charge is 0.384 e. The van der Waals surface area contributed by atoms with E-state index in [2.05, 4.69) is 36.3 Å². The summed E-state index contributed by atoms with van der Waals surface area (Å²) >= 11 is 3.16. The first-order valence-corrected chi connectivity index (χ1v) is 12.5. The van der Waals surface area contributed by atoms with Crippen LogP contribution in [0.25, 0.3) is 5.65 Å². The molecule has 0 unspecified atom stereocenters. The number of amides is 3. The van der Waals surface area contributed by atoms with Gasteiger partial charge in [-0.2, -0.15) is 8.42 Å². The molecule has 2 aromatic heterocycles. The molecule has 13 nitrogen and oxygen atoms in total. The molecule has 0 aliphatic heterocycles. The van der Waals surface area contributed by atoms with E-state index in [0.29, 0.717) is 0 Å². The average molecular weight is 568 g/mol. The fourth-order valence-electron chi connectivity index (χ4n) is 3.28. The summed E-state index contributed by atoms with van der Waals surface area (Å²) in [6.07, 6.45) is 0. The third-order valence-corrected chi connectivity index (χ3v) is 6.37. The van der Waals surface area contributed by atoms with Gasteiger partial charge in [0.25, 0.3) is 23.3 Å². The number of halogens is 1. The molecule has 35 heavy (non-hydrogen) atoms. The van der Waals surface area contributed by atoms with E-state index >= 15 is 0 Å². The number of nitrogens with one attached hydrogen (secondary N) is 5. The zero-order chi connectivity index (χ0) is 25.9. The standard InChI is InChI=1S/C20H22BrN7O6S/c1-3-23-17(29)11-12(18(30)24-4-2)16-25-15(22)13(20(32)28(16)14(11)21)19(31)27-35(33,34)26-10-8-6-5-7-9-10/h5-9,25-26H,3-4,22H2,1-2H3,(H,23,29)(H,24,30)(H,27,31). The van der Waals surface area contributed by atoms with E-state index < -0.39 is 44.9 Å². The number of hydrogen-bond donors (Lipinski definition) is 6. The normalized spacial score (nSPS) is 11.2. The molecule has 0 atom stereocenters. The zero-order valence-corrected chi connectivity index (χ0v) is 21.0. The van der Waals surface area contributed by atoms with Crippen LogP contribution in [0.3, 0.4) is 0 Å². The summed E-state index contributed by atoms with van der Waals surface area (Å²) < 4.78 is 29.4. The molecule has 0 bridgehead atoms. The van der Waals surface area contributed by atoms with Crippen LogP contribution in [0.4, 0.5) is 11.5 Å². The van der Waals surface area contributed by atoms with Gasteiger partial charge in [-0.05, 0) is 41.9 Å². The minimum absolute atomic E-state index is 0.125. The topological polar surface area (TPSA) is 197 Å². The second-order valence-electron chi connectivity index (χ2n) is 7.07. The number of nitrogen functional groups attached to an aromatic ring is 1. The van der Waals surface area contributed by atoms with Gasteiger partial charge in [0.2, 0.25) is 0 Å². The van der Waals surface area contributed by atoms with Crippen molar-refractivity contribution in [2.75, 3.05) is 23.5 Å². The molecule has 15 heteroatoms. The number of aromatic nitrogens is 2. The molecule has 0 aliphatic rings. The van der Waals surface area contributed by atoms with Gasteiger partial charge in [-0.25, -0.2) is 4.72 Å². The Hall–Kier alpha value is -3.85. The van der Waals surface area contributed by atoms with E-state index in [9.17, 15) is 27.6 Å². The highest BCUT2D eigenvalue weighted by molar-refractivity contribution is 9.10. The smallest absolute Gasteiger partial charge is 0.323 e. The summed E-state index contributed by atoms with van der Waals surface area (Å²) in [7, 11) is -4.43. The lowest BCUT2D eigenvalue weighted by atomic mass is 10.1. The van der Waals surface area contributed by atoms with Crippen LogP contribution in [0, 0.1) is 0 Å². The number of anilines is 2. The molecule has 7 N–H and O–H groups in total. The van der Waals surface area contributed by atoms with Gasteiger partial charge < -0.3 is 21.4 Å². The van der Waals surface area contributed by atoms with Crippen molar-refractivity contribution in [1.29, 1.82) is 0 Å². The Morgan fingerprint density at radius 1 is 0.971 bits per heavy atom. The SMILES string of the molecule is CCNC(=O)c1c(C(=O)NCC)c2[nH]c(N)c(C(=O)NS(=O)(=O)Nc3ccccc3)c(=O)n2c1Br. The highest BCUT2D eigenvalue weighted by Crippen LogP contribution is 2.27. The Morgan fingerprint density at radius 2 is 1.54 bits per heavy atom. The molecular formula is C20H22BrN7O6S. The van der Waals surface area contributed by atoms with Crippen LogP contribution in [0.15, 0.2) is 39.7 Å².